The highest BCUT2D eigenvalue weighted by Crippen LogP contribution is 2.58. The Bertz CT molecular complexity index is 669. The van der Waals surface area contributed by atoms with Gasteiger partial charge >= 0.3 is 6.18 Å². The van der Waals surface area contributed by atoms with E-state index in [9.17, 15) is 21.6 Å². The Labute approximate surface area is 136 Å². The molecule has 23 heavy (non-hydrogen) atoms. The number of rotatable bonds is 4. The predicted molar refractivity (Wildman–Crippen MR) is 84.6 cm³/mol. The number of aryl methyl sites for hydroxylation is 1. The zero-order valence-electron chi connectivity index (χ0n) is 13.6. The van der Waals surface area contributed by atoms with Crippen LogP contribution < -0.4 is 0 Å². The average Bonchev–Trinajstić information content (AvgIpc) is 2.30. The summed E-state index contributed by atoms with van der Waals surface area (Å²) in [7, 11) is -6.23. The summed E-state index contributed by atoms with van der Waals surface area (Å²) in [6.07, 6.45) is -5.27. The highest BCUT2D eigenvalue weighted by molar-refractivity contribution is 7.86. The number of benzene rings is 1. The fourth-order valence-corrected chi connectivity index (χ4v) is 5.76. The van der Waals surface area contributed by atoms with Crippen molar-refractivity contribution in [2.45, 2.75) is 61.6 Å². The van der Waals surface area contributed by atoms with Crippen LogP contribution in [0.25, 0.3) is 0 Å². The largest absolute Gasteiger partial charge is 0.418 e. The van der Waals surface area contributed by atoms with Gasteiger partial charge in [0, 0.05) is 8.07 Å². The van der Waals surface area contributed by atoms with Gasteiger partial charge in [-0.3, -0.25) is 4.18 Å². The summed E-state index contributed by atoms with van der Waals surface area (Å²) in [6.45, 7) is 7.70. The lowest BCUT2D eigenvalue weighted by Crippen LogP contribution is -2.60. The van der Waals surface area contributed by atoms with Gasteiger partial charge in [0.2, 0.25) is 0 Å². The zero-order chi connectivity index (χ0) is 17.7. The van der Waals surface area contributed by atoms with Crippen LogP contribution in [0, 0.1) is 6.92 Å². The summed E-state index contributed by atoms with van der Waals surface area (Å²) in [5, 5.41) is 0. The van der Waals surface area contributed by atoms with Gasteiger partial charge in [-0.15, -0.1) is 0 Å². The van der Waals surface area contributed by atoms with E-state index >= 15 is 0 Å². The standard InChI is InChI=1S/C15H21F3O3SSi/c1-11-5-7-12(8-6-11)22(19,20)21-14(15(16,17)18)9-13(10-14)23(2,3)4/h5-8,13H,9-10H2,1-4H3. The lowest BCUT2D eigenvalue weighted by Gasteiger charge is -2.51. The van der Waals surface area contributed by atoms with Crippen LogP contribution in [0.3, 0.4) is 0 Å². The lowest BCUT2D eigenvalue weighted by molar-refractivity contribution is -0.273. The minimum Gasteiger partial charge on any atom is -0.250 e. The van der Waals surface area contributed by atoms with Crippen LogP contribution in [0.5, 0.6) is 0 Å². The number of halogens is 3. The molecule has 0 aliphatic heterocycles. The predicted octanol–water partition coefficient (Wildman–Crippen LogP) is 4.50. The molecule has 0 atom stereocenters. The summed E-state index contributed by atoms with van der Waals surface area (Å²) in [6, 6.07) is 5.59. The van der Waals surface area contributed by atoms with Crippen LogP contribution in [0.15, 0.2) is 29.2 Å². The maximum atomic E-state index is 13.5. The average molecular weight is 366 g/mol. The highest BCUT2D eigenvalue weighted by Gasteiger charge is 2.67. The molecule has 130 valence electrons. The van der Waals surface area contributed by atoms with Gasteiger partial charge in [-0.05, 0) is 37.4 Å². The first-order valence-corrected chi connectivity index (χ1v) is 12.3. The molecular weight excluding hydrogens is 345 g/mol. The lowest BCUT2D eigenvalue weighted by atomic mass is 9.79. The minimum absolute atomic E-state index is 0.0997. The Morgan fingerprint density at radius 2 is 1.61 bits per heavy atom. The monoisotopic (exact) mass is 366 g/mol. The van der Waals surface area contributed by atoms with Crippen LogP contribution in [0.4, 0.5) is 13.2 Å². The topological polar surface area (TPSA) is 43.4 Å². The van der Waals surface area contributed by atoms with Crippen LogP contribution in [0.2, 0.25) is 25.2 Å². The maximum absolute atomic E-state index is 13.5. The second kappa shape index (κ2) is 5.60. The third-order valence-electron chi connectivity index (χ3n) is 4.47. The third-order valence-corrected chi connectivity index (χ3v) is 8.72. The van der Waals surface area contributed by atoms with Gasteiger partial charge in [-0.1, -0.05) is 37.3 Å². The van der Waals surface area contributed by atoms with Crippen molar-refractivity contribution in [1.29, 1.82) is 0 Å². The van der Waals surface area contributed by atoms with Crippen molar-refractivity contribution in [2.75, 3.05) is 0 Å². The van der Waals surface area contributed by atoms with E-state index in [4.69, 9.17) is 4.18 Å². The van der Waals surface area contributed by atoms with Gasteiger partial charge in [0.15, 0.2) is 5.60 Å². The molecule has 2 rings (SSSR count). The number of hydrogen-bond donors (Lipinski definition) is 0. The fourth-order valence-electron chi connectivity index (χ4n) is 2.66. The fraction of sp³-hybridized carbons (Fsp3) is 0.600. The molecule has 3 nitrogen and oxygen atoms in total. The molecule has 1 aliphatic carbocycles. The van der Waals surface area contributed by atoms with Crippen molar-refractivity contribution in [1.82, 2.24) is 0 Å². The molecule has 0 heterocycles. The first kappa shape index (κ1) is 18.5. The molecule has 1 aromatic rings. The minimum atomic E-state index is -4.71. The van der Waals surface area contributed by atoms with E-state index in [0.29, 0.717) is 0 Å². The van der Waals surface area contributed by atoms with E-state index in [0.717, 1.165) is 5.56 Å². The summed E-state index contributed by atoms with van der Waals surface area (Å²) >= 11 is 0. The van der Waals surface area contributed by atoms with Gasteiger partial charge in [-0.2, -0.15) is 21.6 Å². The van der Waals surface area contributed by atoms with Crippen molar-refractivity contribution >= 4 is 18.2 Å². The van der Waals surface area contributed by atoms with Gasteiger partial charge in [0.25, 0.3) is 10.1 Å². The molecule has 0 saturated heterocycles. The third kappa shape index (κ3) is 3.64. The molecule has 1 saturated carbocycles. The van der Waals surface area contributed by atoms with Crippen LogP contribution in [-0.4, -0.2) is 28.3 Å². The molecule has 0 radical (unpaired) electrons. The Morgan fingerprint density at radius 3 is 2.00 bits per heavy atom. The van der Waals surface area contributed by atoms with E-state index in [1.807, 2.05) is 19.6 Å². The van der Waals surface area contributed by atoms with Crippen LogP contribution in [0.1, 0.15) is 18.4 Å². The van der Waals surface area contributed by atoms with E-state index in [2.05, 4.69) is 0 Å². The molecule has 1 aromatic carbocycles. The van der Waals surface area contributed by atoms with E-state index in [-0.39, 0.29) is 23.3 Å². The van der Waals surface area contributed by atoms with Gasteiger partial charge in [-0.25, -0.2) is 0 Å². The van der Waals surface area contributed by atoms with Crippen molar-refractivity contribution in [3.05, 3.63) is 29.8 Å². The molecule has 0 N–H and O–H groups in total. The molecule has 0 unspecified atom stereocenters. The van der Waals surface area contributed by atoms with Crippen molar-refractivity contribution in [2.24, 2.45) is 0 Å². The summed E-state index contributed by atoms with van der Waals surface area (Å²) < 4.78 is 69.6. The normalized spacial score (nSPS) is 26.0. The molecular formula is C15H21F3O3SSi. The second-order valence-corrected chi connectivity index (χ2v) is 14.4. The second-order valence-electron chi connectivity index (χ2n) is 7.31. The molecule has 8 heteroatoms. The van der Waals surface area contributed by atoms with Gasteiger partial charge < -0.3 is 0 Å². The summed E-state index contributed by atoms with van der Waals surface area (Å²) in [4.78, 5) is -0.247. The van der Waals surface area contributed by atoms with Crippen molar-refractivity contribution in [3.63, 3.8) is 0 Å². The first-order chi connectivity index (χ1) is 10.3. The first-order valence-electron chi connectivity index (χ1n) is 7.36. The van der Waals surface area contributed by atoms with E-state index in [1.54, 1.807) is 6.92 Å². The maximum Gasteiger partial charge on any atom is 0.418 e. The molecule has 0 amide bonds. The van der Waals surface area contributed by atoms with E-state index in [1.165, 1.54) is 24.3 Å². The molecule has 0 spiro atoms. The zero-order valence-corrected chi connectivity index (χ0v) is 15.4. The highest BCUT2D eigenvalue weighted by atomic mass is 32.2. The molecule has 0 bridgehead atoms. The Balaban J connectivity index is 2.28. The number of alkyl halides is 3. The quantitative estimate of drug-likeness (QED) is 0.582. The van der Waals surface area contributed by atoms with Crippen LogP contribution in [-0.2, 0) is 14.3 Å². The number of hydrogen-bond acceptors (Lipinski definition) is 3. The van der Waals surface area contributed by atoms with E-state index < -0.39 is 30.0 Å². The molecule has 1 aliphatic rings. The van der Waals surface area contributed by atoms with Gasteiger partial charge in [0.05, 0.1) is 4.90 Å². The summed E-state index contributed by atoms with van der Waals surface area (Å²) in [5.41, 5.74) is -1.86. The Kier molecular flexibility index (Phi) is 4.49. The van der Waals surface area contributed by atoms with Gasteiger partial charge in [0.1, 0.15) is 0 Å². The smallest absolute Gasteiger partial charge is 0.250 e. The van der Waals surface area contributed by atoms with Crippen molar-refractivity contribution < 1.29 is 25.8 Å². The Hall–Kier alpha value is -0.863. The van der Waals surface area contributed by atoms with Crippen molar-refractivity contribution in [3.8, 4) is 0 Å². The SMILES string of the molecule is Cc1ccc(S(=O)(=O)OC2(C(F)(F)F)CC([Si](C)(C)C)C2)cc1. The molecule has 0 aromatic heterocycles. The summed E-state index contributed by atoms with van der Waals surface area (Å²) in [5.74, 6) is 0. The Morgan fingerprint density at radius 1 is 1.13 bits per heavy atom. The molecule has 1 fully saturated rings. The van der Waals surface area contributed by atoms with Crippen LogP contribution >= 0.6 is 0 Å².